The molecule has 0 aromatic carbocycles. The van der Waals surface area contributed by atoms with E-state index in [9.17, 15) is 0 Å². The standard InChI is InChI=1S/C17H31N3O/c1-6-13-7-9-15(10-8-13)20(5)16-19-14(12-21-16)11-18-17(2,3)4/h12-13,15,18H,6-11H2,1-5H3. The summed E-state index contributed by atoms with van der Waals surface area (Å²) in [5.41, 5.74) is 1.08. The number of nitrogens with zero attached hydrogens (tertiary/aromatic N) is 2. The van der Waals surface area contributed by atoms with E-state index in [2.05, 4.69) is 49.9 Å². The van der Waals surface area contributed by atoms with Gasteiger partial charge in [-0.3, -0.25) is 0 Å². The molecule has 21 heavy (non-hydrogen) atoms. The Labute approximate surface area is 129 Å². The van der Waals surface area contributed by atoms with Crippen LogP contribution in [0.1, 0.15) is 65.5 Å². The topological polar surface area (TPSA) is 41.3 Å². The summed E-state index contributed by atoms with van der Waals surface area (Å²) in [6.45, 7) is 9.53. The minimum atomic E-state index is 0.101. The van der Waals surface area contributed by atoms with Crippen LogP contribution < -0.4 is 10.2 Å². The molecule has 1 aliphatic rings. The first-order chi connectivity index (χ1) is 9.89. The third-order valence-corrected chi connectivity index (χ3v) is 4.58. The first kappa shape index (κ1) is 16.3. The third-order valence-electron chi connectivity index (χ3n) is 4.58. The summed E-state index contributed by atoms with van der Waals surface area (Å²) in [7, 11) is 2.11. The fraction of sp³-hybridized carbons (Fsp3) is 0.824. The number of anilines is 1. The lowest BCUT2D eigenvalue weighted by Crippen LogP contribution is -2.36. The molecule has 4 nitrogen and oxygen atoms in total. The second kappa shape index (κ2) is 6.82. The fourth-order valence-electron chi connectivity index (χ4n) is 2.99. The molecule has 0 amide bonds. The van der Waals surface area contributed by atoms with E-state index in [0.717, 1.165) is 24.2 Å². The Hall–Kier alpha value is -1.03. The Balaban J connectivity index is 1.88. The molecule has 1 aromatic rings. The first-order valence-corrected chi connectivity index (χ1v) is 8.31. The molecule has 0 bridgehead atoms. The molecule has 0 unspecified atom stereocenters. The largest absolute Gasteiger partial charge is 0.432 e. The predicted molar refractivity (Wildman–Crippen MR) is 87.5 cm³/mol. The van der Waals surface area contributed by atoms with Gasteiger partial charge in [-0.2, -0.15) is 4.98 Å². The highest BCUT2D eigenvalue weighted by Crippen LogP contribution is 2.30. The quantitative estimate of drug-likeness (QED) is 0.892. The zero-order chi connectivity index (χ0) is 15.5. The molecule has 1 aromatic heterocycles. The number of oxazole rings is 1. The van der Waals surface area contributed by atoms with E-state index >= 15 is 0 Å². The Morgan fingerprint density at radius 3 is 2.52 bits per heavy atom. The van der Waals surface area contributed by atoms with Crippen LogP contribution in [-0.2, 0) is 6.54 Å². The van der Waals surface area contributed by atoms with Gasteiger partial charge in [0, 0.05) is 25.2 Å². The van der Waals surface area contributed by atoms with Gasteiger partial charge in [-0.25, -0.2) is 0 Å². The number of hydrogen-bond acceptors (Lipinski definition) is 4. The van der Waals surface area contributed by atoms with Crippen molar-refractivity contribution >= 4 is 6.01 Å². The molecule has 1 N–H and O–H groups in total. The number of rotatable bonds is 5. The Morgan fingerprint density at radius 1 is 1.29 bits per heavy atom. The van der Waals surface area contributed by atoms with E-state index in [1.807, 2.05) is 0 Å². The van der Waals surface area contributed by atoms with Crippen LogP contribution in [0.15, 0.2) is 10.7 Å². The first-order valence-electron chi connectivity index (χ1n) is 8.31. The van der Waals surface area contributed by atoms with Crippen molar-refractivity contribution in [1.82, 2.24) is 10.3 Å². The SMILES string of the molecule is CCC1CCC(N(C)c2nc(CNC(C)(C)C)co2)CC1. The summed E-state index contributed by atoms with van der Waals surface area (Å²) < 4.78 is 5.67. The van der Waals surface area contributed by atoms with Gasteiger partial charge in [-0.1, -0.05) is 13.3 Å². The lowest BCUT2D eigenvalue weighted by Gasteiger charge is -2.33. The normalized spacial score (nSPS) is 23.3. The molecule has 4 heteroatoms. The molecular weight excluding hydrogens is 262 g/mol. The molecule has 0 spiro atoms. The van der Waals surface area contributed by atoms with E-state index in [1.54, 1.807) is 6.26 Å². The maximum atomic E-state index is 5.67. The lowest BCUT2D eigenvalue weighted by atomic mass is 9.84. The lowest BCUT2D eigenvalue weighted by molar-refractivity contribution is 0.307. The minimum absolute atomic E-state index is 0.101. The van der Waals surface area contributed by atoms with Crippen LogP contribution in [0.5, 0.6) is 0 Å². The van der Waals surface area contributed by atoms with Crippen molar-refractivity contribution < 1.29 is 4.42 Å². The Bertz CT molecular complexity index is 427. The summed E-state index contributed by atoms with van der Waals surface area (Å²) in [4.78, 5) is 6.85. The van der Waals surface area contributed by atoms with Crippen LogP contribution in [0.4, 0.5) is 6.01 Å². The number of hydrogen-bond donors (Lipinski definition) is 1. The van der Waals surface area contributed by atoms with E-state index in [4.69, 9.17) is 4.42 Å². The molecule has 1 fully saturated rings. The summed E-state index contributed by atoms with van der Waals surface area (Å²) in [5, 5.41) is 3.44. The molecule has 0 aliphatic heterocycles. The van der Waals surface area contributed by atoms with Crippen molar-refractivity contribution in [3.05, 3.63) is 12.0 Å². The zero-order valence-corrected chi connectivity index (χ0v) is 14.3. The third kappa shape index (κ3) is 4.73. The Kier molecular flexibility index (Phi) is 5.31. The van der Waals surface area contributed by atoms with Crippen molar-refractivity contribution in [3.8, 4) is 0 Å². The predicted octanol–water partition coefficient (Wildman–Crippen LogP) is 3.97. The van der Waals surface area contributed by atoms with Gasteiger partial charge in [0.05, 0.1) is 5.69 Å². The van der Waals surface area contributed by atoms with Gasteiger partial charge in [0.25, 0.3) is 6.01 Å². The van der Waals surface area contributed by atoms with Crippen molar-refractivity contribution in [2.75, 3.05) is 11.9 Å². The monoisotopic (exact) mass is 293 g/mol. The molecule has 1 heterocycles. The molecular formula is C17H31N3O. The van der Waals surface area contributed by atoms with Gasteiger partial charge in [-0.05, 0) is 52.4 Å². The van der Waals surface area contributed by atoms with E-state index in [-0.39, 0.29) is 5.54 Å². The van der Waals surface area contributed by atoms with Gasteiger partial charge in [0.15, 0.2) is 0 Å². The van der Waals surface area contributed by atoms with Gasteiger partial charge in [0.1, 0.15) is 6.26 Å². The average molecular weight is 293 g/mol. The van der Waals surface area contributed by atoms with Crippen LogP contribution in [0, 0.1) is 5.92 Å². The van der Waals surface area contributed by atoms with E-state index in [1.165, 1.54) is 32.1 Å². The summed E-state index contributed by atoms with van der Waals surface area (Å²) in [5.74, 6) is 0.922. The second-order valence-electron chi connectivity index (χ2n) is 7.42. The van der Waals surface area contributed by atoms with Crippen molar-refractivity contribution in [2.24, 2.45) is 5.92 Å². The summed E-state index contributed by atoms with van der Waals surface area (Å²) >= 11 is 0. The van der Waals surface area contributed by atoms with E-state index < -0.39 is 0 Å². The van der Waals surface area contributed by atoms with Crippen LogP contribution in [-0.4, -0.2) is 23.6 Å². The van der Waals surface area contributed by atoms with Gasteiger partial charge < -0.3 is 14.6 Å². The average Bonchev–Trinajstić information content (AvgIpc) is 2.93. The van der Waals surface area contributed by atoms with Gasteiger partial charge in [-0.15, -0.1) is 0 Å². The second-order valence-corrected chi connectivity index (χ2v) is 7.42. The number of aromatic nitrogens is 1. The minimum Gasteiger partial charge on any atom is -0.432 e. The molecule has 0 atom stereocenters. The highest BCUT2D eigenvalue weighted by Gasteiger charge is 2.25. The Morgan fingerprint density at radius 2 is 1.95 bits per heavy atom. The maximum Gasteiger partial charge on any atom is 0.297 e. The molecule has 2 rings (SSSR count). The highest BCUT2D eigenvalue weighted by molar-refractivity contribution is 5.27. The number of nitrogens with one attached hydrogen (secondary N) is 1. The van der Waals surface area contributed by atoms with Gasteiger partial charge in [0.2, 0.25) is 0 Å². The summed E-state index contributed by atoms with van der Waals surface area (Å²) in [6, 6.07) is 1.34. The maximum absolute atomic E-state index is 5.67. The van der Waals surface area contributed by atoms with Gasteiger partial charge >= 0.3 is 0 Å². The van der Waals surface area contributed by atoms with Crippen molar-refractivity contribution in [2.45, 2.75) is 77.9 Å². The van der Waals surface area contributed by atoms with Crippen molar-refractivity contribution in [1.29, 1.82) is 0 Å². The highest BCUT2D eigenvalue weighted by atomic mass is 16.4. The van der Waals surface area contributed by atoms with Crippen molar-refractivity contribution in [3.63, 3.8) is 0 Å². The molecule has 1 saturated carbocycles. The zero-order valence-electron chi connectivity index (χ0n) is 14.3. The van der Waals surface area contributed by atoms with E-state index in [0.29, 0.717) is 6.04 Å². The molecule has 0 radical (unpaired) electrons. The summed E-state index contributed by atoms with van der Waals surface area (Å²) in [6.07, 6.45) is 8.29. The van der Waals surface area contributed by atoms with Crippen LogP contribution in [0.3, 0.4) is 0 Å². The molecule has 1 aliphatic carbocycles. The molecule has 120 valence electrons. The van der Waals surface area contributed by atoms with Crippen LogP contribution in [0.2, 0.25) is 0 Å². The smallest absolute Gasteiger partial charge is 0.297 e. The molecule has 0 saturated heterocycles. The van der Waals surface area contributed by atoms with Crippen LogP contribution >= 0.6 is 0 Å². The van der Waals surface area contributed by atoms with Crippen LogP contribution in [0.25, 0.3) is 0 Å². The fourth-order valence-corrected chi connectivity index (χ4v) is 2.99.